The van der Waals surface area contributed by atoms with Gasteiger partial charge in [-0.3, -0.25) is 0 Å². The summed E-state index contributed by atoms with van der Waals surface area (Å²) in [6.45, 7) is 4.14. The fourth-order valence-electron chi connectivity index (χ4n) is 1.24. The molecule has 0 aliphatic rings. The van der Waals surface area contributed by atoms with E-state index in [1.165, 1.54) is 6.20 Å². The predicted molar refractivity (Wildman–Crippen MR) is 57.6 cm³/mol. The van der Waals surface area contributed by atoms with Crippen molar-refractivity contribution in [3.8, 4) is 0 Å². The van der Waals surface area contributed by atoms with Crippen molar-refractivity contribution in [3.63, 3.8) is 0 Å². The molecule has 0 saturated carbocycles. The van der Waals surface area contributed by atoms with E-state index in [9.17, 15) is 0 Å². The topological polar surface area (TPSA) is 53.4 Å². The molecule has 1 aromatic heterocycles. The van der Waals surface area contributed by atoms with Crippen LogP contribution in [0.5, 0.6) is 0 Å². The summed E-state index contributed by atoms with van der Waals surface area (Å²) in [4.78, 5) is 3.90. The van der Waals surface area contributed by atoms with E-state index in [4.69, 9.17) is 21.6 Å². The number of hydrogen-bond acceptors (Lipinski definition) is 3. The molecule has 1 aromatic rings. The SMILES string of the molecule is CC(C)Cc1cc(B(O)O)cnc1Cl. The number of pyridine rings is 1. The molecule has 0 atom stereocenters. The van der Waals surface area contributed by atoms with Gasteiger partial charge < -0.3 is 10.0 Å². The first kappa shape index (κ1) is 11.5. The zero-order valence-electron chi connectivity index (χ0n) is 8.24. The van der Waals surface area contributed by atoms with E-state index < -0.39 is 7.12 Å². The van der Waals surface area contributed by atoms with Crippen molar-refractivity contribution < 1.29 is 10.0 Å². The summed E-state index contributed by atoms with van der Waals surface area (Å²) in [5.41, 5.74) is 1.23. The molecule has 0 unspecified atom stereocenters. The Morgan fingerprint density at radius 2 is 2.14 bits per heavy atom. The summed E-state index contributed by atoms with van der Waals surface area (Å²) in [5, 5.41) is 18.3. The van der Waals surface area contributed by atoms with E-state index in [-0.39, 0.29) is 0 Å². The van der Waals surface area contributed by atoms with Gasteiger partial charge in [0, 0.05) is 11.7 Å². The van der Waals surface area contributed by atoms with Gasteiger partial charge in [-0.2, -0.15) is 0 Å². The van der Waals surface area contributed by atoms with Gasteiger partial charge in [0.05, 0.1) is 0 Å². The Labute approximate surface area is 88.9 Å². The second-order valence-corrected chi connectivity index (χ2v) is 4.05. The molecule has 0 radical (unpaired) electrons. The zero-order valence-corrected chi connectivity index (χ0v) is 8.99. The van der Waals surface area contributed by atoms with E-state index in [2.05, 4.69) is 18.8 Å². The van der Waals surface area contributed by atoms with Crippen LogP contribution in [0.2, 0.25) is 5.15 Å². The lowest BCUT2D eigenvalue weighted by Gasteiger charge is -2.08. The van der Waals surface area contributed by atoms with Crippen LogP contribution >= 0.6 is 11.6 Å². The number of halogens is 1. The van der Waals surface area contributed by atoms with Crippen molar-refractivity contribution in [3.05, 3.63) is 23.0 Å². The minimum absolute atomic E-state index is 0.380. The molecule has 0 aliphatic heterocycles. The van der Waals surface area contributed by atoms with Crippen LogP contribution in [0.25, 0.3) is 0 Å². The molecule has 0 amide bonds. The largest absolute Gasteiger partial charge is 0.490 e. The van der Waals surface area contributed by atoms with Crippen molar-refractivity contribution in [2.24, 2.45) is 5.92 Å². The molecule has 1 rings (SSSR count). The summed E-state index contributed by atoms with van der Waals surface area (Å²) in [7, 11) is -1.48. The lowest BCUT2D eigenvalue weighted by atomic mass is 9.80. The van der Waals surface area contributed by atoms with Crippen LogP contribution in [0, 0.1) is 5.92 Å². The summed E-state index contributed by atoms with van der Waals surface area (Å²) < 4.78 is 0. The molecule has 0 aliphatic carbocycles. The van der Waals surface area contributed by atoms with Gasteiger partial charge in [0.1, 0.15) is 5.15 Å². The van der Waals surface area contributed by atoms with Crippen molar-refractivity contribution in [2.45, 2.75) is 20.3 Å². The highest BCUT2D eigenvalue weighted by Gasteiger charge is 2.14. The van der Waals surface area contributed by atoms with Crippen LogP contribution in [-0.4, -0.2) is 22.2 Å². The maximum Gasteiger partial charge on any atom is 0.490 e. The van der Waals surface area contributed by atoms with Crippen LogP contribution in [0.3, 0.4) is 0 Å². The third-order valence-corrected chi connectivity index (χ3v) is 2.20. The predicted octanol–water partition coefficient (Wildman–Crippen LogP) is 0.613. The van der Waals surface area contributed by atoms with Gasteiger partial charge in [-0.15, -0.1) is 0 Å². The van der Waals surface area contributed by atoms with Gasteiger partial charge in [-0.25, -0.2) is 4.98 Å². The van der Waals surface area contributed by atoms with Crippen molar-refractivity contribution in [2.75, 3.05) is 0 Å². The zero-order chi connectivity index (χ0) is 10.7. The van der Waals surface area contributed by atoms with Gasteiger partial charge in [-0.05, 0) is 17.9 Å². The first-order chi connectivity index (χ1) is 6.50. The minimum Gasteiger partial charge on any atom is -0.423 e. The van der Waals surface area contributed by atoms with Crippen LogP contribution in [0.1, 0.15) is 19.4 Å². The maximum absolute atomic E-state index is 8.95. The van der Waals surface area contributed by atoms with E-state index >= 15 is 0 Å². The molecular formula is C9H13BClNO2. The lowest BCUT2D eigenvalue weighted by molar-refractivity contribution is 0.425. The molecule has 0 spiro atoms. The molecule has 76 valence electrons. The summed E-state index contributed by atoms with van der Waals surface area (Å²) in [6.07, 6.45) is 2.16. The smallest absolute Gasteiger partial charge is 0.423 e. The summed E-state index contributed by atoms with van der Waals surface area (Å²) >= 11 is 5.87. The summed E-state index contributed by atoms with van der Waals surface area (Å²) in [6, 6.07) is 1.68. The Morgan fingerprint density at radius 3 is 2.64 bits per heavy atom. The Kier molecular flexibility index (Phi) is 3.92. The van der Waals surface area contributed by atoms with Crippen LogP contribution in [0.15, 0.2) is 12.3 Å². The highest BCUT2D eigenvalue weighted by atomic mass is 35.5. The van der Waals surface area contributed by atoms with Crippen molar-refractivity contribution in [1.29, 1.82) is 0 Å². The van der Waals surface area contributed by atoms with Gasteiger partial charge in [0.15, 0.2) is 0 Å². The Balaban J connectivity index is 2.96. The second-order valence-electron chi connectivity index (χ2n) is 3.69. The van der Waals surface area contributed by atoms with E-state index in [0.29, 0.717) is 16.5 Å². The number of hydrogen-bond donors (Lipinski definition) is 2. The van der Waals surface area contributed by atoms with E-state index in [1.807, 2.05) is 0 Å². The van der Waals surface area contributed by atoms with E-state index in [1.54, 1.807) is 6.07 Å². The van der Waals surface area contributed by atoms with Crippen LogP contribution in [0.4, 0.5) is 0 Å². The Morgan fingerprint density at radius 1 is 1.50 bits per heavy atom. The third-order valence-electron chi connectivity index (χ3n) is 1.86. The monoisotopic (exact) mass is 213 g/mol. The molecule has 1 heterocycles. The highest BCUT2D eigenvalue weighted by Crippen LogP contribution is 2.15. The molecule has 0 aromatic carbocycles. The standard InChI is InChI=1S/C9H13BClNO2/c1-6(2)3-7-4-8(10(13)14)5-12-9(7)11/h4-6,13-14H,3H2,1-2H3. The normalized spacial score (nSPS) is 10.7. The van der Waals surface area contributed by atoms with Gasteiger partial charge in [0.2, 0.25) is 0 Å². The molecule has 2 N–H and O–H groups in total. The lowest BCUT2D eigenvalue weighted by Crippen LogP contribution is -2.30. The van der Waals surface area contributed by atoms with Crippen molar-refractivity contribution >= 4 is 24.2 Å². The molecule has 0 bridgehead atoms. The number of nitrogens with zero attached hydrogens (tertiary/aromatic N) is 1. The summed E-state index contributed by atoms with van der Waals surface area (Å²) in [5.74, 6) is 0.459. The van der Waals surface area contributed by atoms with Crippen LogP contribution in [-0.2, 0) is 6.42 Å². The van der Waals surface area contributed by atoms with Gasteiger partial charge in [-0.1, -0.05) is 31.5 Å². The first-order valence-corrected chi connectivity index (χ1v) is 4.89. The van der Waals surface area contributed by atoms with Crippen LogP contribution < -0.4 is 5.46 Å². The maximum atomic E-state index is 8.95. The molecule has 0 fully saturated rings. The highest BCUT2D eigenvalue weighted by molar-refractivity contribution is 6.58. The average Bonchev–Trinajstić information content (AvgIpc) is 2.07. The van der Waals surface area contributed by atoms with E-state index in [0.717, 1.165) is 12.0 Å². The molecule has 0 saturated heterocycles. The third kappa shape index (κ3) is 2.98. The van der Waals surface area contributed by atoms with Gasteiger partial charge >= 0.3 is 7.12 Å². The number of aromatic nitrogens is 1. The van der Waals surface area contributed by atoms with Crippen molar-refractivity contribution in [1.82, 2.24) is 4.98 Å². The van der Waals surface area contributed by atoms with Gasteiger partial charge in [0.25, 0.3) is 0 Å². The number of rotatable bonds is 3. The Hall–Kier alpha value is -0.575. The fraction of sp³-hybridized carbons (Fsp3) is 0.444. The fourth-order valence-corrected chi connectivity index (χ4v) is 1.42. The second kappa shape index (κ2) is 4.78. The first-order valence-electron chi connectivity index (χ1n) is 4.51. The quantitative estimate of drug-likeness (QED) is 0.571. The molecule has 5 heteroatoms. The Bertz CT molecular complexity index is 318. The molecule has 14 heavy (non-hydrogen) atoms. The molecule has 3 nitrogen and oxygen atoms in total. The minimum atomic E-state index is -1.48. The molecular weight excluding hydrogens is 200 g/mol. The average molecular weight is 213 g/mol.